The van der Waals surface area contributed by atoms with Crippen molar-refractivity contribution in [1.82, 2.24) is 24.4 Å². The van der Waals surface area contributed by atoms with E-state index in [1.54, 1.807) is 25.1 Å². The second-order valence-electron chi connectivity index (χ2n) is 8.26. The van der Waals surface area contributed by atoms with Crippen LogP contribution in [0.2, 0.25) is 10.0 Å². The van der Waals surface area contributed by atoms with E-state index in [1.165, 1.54) is 6.20 Å². The summed E-state index contributed by atoms with van der Waals surface area (Å²) in [5, 5.41) is 3.52. The van der Waals surface area contributed by atoms with Crippen molar-refractivity contribution in [2.24, 2.45) is 0 Å². The fourth-order valence-electron chi connectivity index (χ4n) is 4.13. The van der Waals surface area contributed by atoms with Crippen LogP contribution in [0, 0.1) is 0 Å². The summed E-state index contributed by atoms with van der Waals surface area (Å²) >= 11 is 12.4. The Bertz CT molecular complexity index is 1560. The van der Waals surface area contributed by atoms with E-state index in [9.17, 15) is 14.4 Å². The quantitative estimate of drug-likeness (QED) is 0.420. The second-order valence-corrected chi connectivity index (χ2v) is 9.08. The Morgan fingerprint density at radius 3 is 2.31 bits per heavy atom. The van der Waals surface area contributed by atoms with Gasteiger partial charge in [0, 0.05) is 50.7 Å². The highest BCUT2D eigenvalue weighted by atomic mass is 35.5. The Kier molecular flexibility index (Phi) is 6.38. The molecule has 0 saturated carbocycles. The minimum absolute atomic E-state index is 0.0851. The van der Waals surface area contributed by atoms with Crippen LogP contribution >= 0.6 is 23.2 Å². The number of hydrogen-bond acceptors (Lipinski definition) is 7. The van der Waals surface area contributed by atoms with E-state index < -0.39 is 11.2 Å². The fourth-order valence-corrected chi connectivity index (χ4v) is 4.70. The predicted octanol–water partition coefficient (Wildman–Crippen LogP) is 3.19. The third kappa shape index (κ3) is 4.52. The summed E-state index contributed by atoms with van der Waals surface area (Å²) in [7, 11) is 0. The molecule has 2 aromatic carbocycles. The van der Waals surface area contributed by atoms with Crippen LogP contribution in [-0.2, 0) is 4.79 Å². The normalized spacial score (nSPS) is 13.8. The summed E-state index contributed by atoms with van der Waals surface area (Å²) < 4.78 is 0.873. The van der Waals surface area contributed by atoms with Crippen LogP contribution < -0.4 is 21.5 Å². The minimum Gasteiger partial charge on any atom is -0.368 e. The number of halogens is 2. The molecule has 12 heteroatoms. The topological polar surface area (TPSA) is 116 Å². The van der Waals surface area contributed by atoms with Crippen molar-refractivity contribution in [2.45, 2.75) is 6.92 Å². The SMILES string of the molecule is CC(=O)N1CCN(c2ccc(Nc3ncc4c(=O)n(-c5c(Cl)cccc5Cl)c(=O)[nH]c4n3)cc2)CC1. The molecule has 0 aliphatic carbocycles. The van der Waals surface area contributed by atoms with Gasteiger partial charge < -0.3 is 15.1 Å². The number of anilines is 3. The molecule has 0 radical (unpaired) electrons. The van der Waals surface area contributed by atoms with E-state index in [0.717, 1.165) is 29.0 Å². The number of aromatic nitrogens is 4. The van der Waals surface area contributed by atoms with Crippen molar-refractivity contribution in [3.63, 3.8) is 0 Å². The first-order chi connectivity index (χ1) is 17.3. The fraction of sp³-hybridized carbons (Fsp3) is 0.208. The van der Waals surface area contributed by atoms with Crippen LogP contribution in [0.3, 0.4) is 0 Å². The lowest BCUT2D eigenvalue weighted by Gasteiger charge is -2.35. The van der Waals surface area contributed by atoms with E-state index in [4.69, 9.17) is 23.2 Å². The number of nitrogens with one attached hydrogen (secondary N) is 2. The molecule has 1 saturated heterocycles. The van der Waals surface area contributed by atoms with E-state index >= 15 is 0 Å². The molecule has 0 bridgehead atoms. The van der Waals surface area contributed by atoms with Crippen molar-refractivity contribution >= 4 is 57.5 Å². The Balaban J connectivity index is 1.38. The molecular weight excluding hydrogens is 505 g/mol. The average Bonchev–Trinajstić information content (AvgIpc) is 2.86. The molecule has 0 atom stereocenters. The summed E-state index contributed by atoms with van der Waals surface area (Å²) in [6.45, 7) is 4.52. The smallest absolute Gasteiger partial charge is 0.334 e. The highest BCUT2D eigenvalue weighted by molar-refractivity contribution is 6.37. The van der Waals surface area contributed by atoms with Crippen LogP contribution in [0.25, 0.3) is 16.7 Å². The third-order valence-corrected chi connectivity index (χ3v) is 6.64. The lowest BCUT2D eigenvalue weighted by Crippen LogP contribution is -2.48. The average molecular weight is 526 g/mol. The van der Waals surface area contributed by atoms with Crippen LogP contribution in [0.5, 0.6) is 0 Å². The molecule has 1 amide bonds. The van der Waals surface area contributed by atoms with Gasteiger partial charge in [0.15, 0.2) is 5.65 Å². The van der Waals surface area contributed by atoms with Gasteiger partial charge in [0.25, 0.3) is 5.56 Å². The van der Waals surface area contributed by atoms with Gasteiger partial charge in [-0.15, -0.1) is 0 Å². The van der Waals surface area contributed by atoms with Gasteiger partial charge in [-0.05, 0) is 36.4 Å². The molecule has 10 nitrogen and oxygen atoms in total. The number of carbonyl (C=O) groups is 1. The number of para-hydroxylation sites is 1. The molecule has 0 spiro atoms. The van der Waals surface area contributed by atoms with Crippen molar-refractivity contribution in [3.8, 4) is 5.69 Å². The monoisotopic (exact) mass is 525 g/mol. The summed E-state index contributed by atoms with van der Waals surface area (Å²) in [5.74, 6) is 0.311. The zero-order chi connectivity index (χ0) is 25.4. The summed E-state index contributed by atoms with van der Waals surface area (Å²) in [5.41, 5.74) is 0.608. The zero-order valence-electron chi connectivity index (χ0n) is 19.2. The first kappa shape index (κ1) is 23.8. The number of rotatable bonds is 4. The van der Waals surface area contributed by atoms with Gasteiger partial charge in [-0.25, -0.2) is 14.3 Å². The third-order valence-electron chi connectivity index (χ3n) is 6.03. The zero-order valence-corrected chi connectivity index (χ0v) is 20.7. The van der Waals surface area contributed by atoms with Gasteiger partial charge in [-0.3, -0.25) is 14.6 Å². The molecule has 5 rings (SSSR count). The molecule has 3 heterocycles. The Morgan fingerprint density at radius 2 is 1.67 bits per heavy atom. The maximum Gasteiger partial charge on any atom is 0.334 e. The Hall–Kier alpha value is -3.89. The van der Waals surface area contributed by atoms with Crippen LogP contribution in [0.15, 0.2) is 58.3 Å². The molecule has 184 valence electrons. The Labute approximate surface area is 215 Å². The van der Waals surface area contributed by atoms with Crippen molar-refractivity contribution in [3.05, 3.63) is 79.5 Å². The molecule has 0 unspecified atom stereocenters. The molecule has 1 aliphatic heterocycles. The maximum atomic E-state index is 13.1. The number of hydrogen-bond donors (Lipinski definition) is 2. The van der Waals surface area contributed by atoms with E-state index in [0.29, 0.717) is 13.1 Å². The van der Waals surface area contributed by atoms with Crippen LogP contribution in [0.4, 0.5) is 17.3 Å². The van der Waals surface area contributed by atoms with E-state index in [2.05, 4.69) is 25.2 Å². The number of H-pyrrole nitrogens is 1. The number of fused-ring (bicyclic) bond motifs is 1. The van der Waals surface area contributed by atoms with Gasteiger partial charge in [-0.2, -0.15) is 4.98 Å². The van der Waals surface area contributed by atoms with E-state index in [1.807, 2.05) is 29.2 Å². The number of benzene rings is 2. The van der Waals surface area contributed by atoms with Gasteiger partial charge in [0.1, 0.15) is 5.39 Å². The van der Waals surface area contributed by atoms with Crippen molar-refractivity contribution in [2.75, 3.05) is 36.4 Å². The van der Waals surface area contributed by atoms with Crippen LogP contribution in [0.1, 0.15) is 6.92 Å². The number of aromatic amines is 1. The lowest BCUT2D eigenvalue weighted by molar-refractivity contribution is -0.129. The predicted molar refractivity (Wildman–Crippen MR) is 140 cm³/mol. The largest absolute Gasteiger partial charge is 0.368 e. The molecule has 2 aromatic heterocycles. The summed E-state index contributed by atoms with van der Waals surface area (Å²) in [6, 6.07) is 12.4. The van der Waals surface area contributed by atoms with Gasteiger partial charge in [-0.1, -0.05) is 29.3 Å². The van der Waals surface area contributed by atoms with Gasteiger partial charge in [0.2, 0.25) is 11.9 Å². The molecule has 4 aromatic rings. The molecule has 1 fully saturated rings. The number of nitrogens with zero attached hydrogens (tertiary/aromatic N) is 5. The maximum absolute atomic E-state index is 13.1. The number of amides is 1. The summed E-state index contributed by atoms with van der Waals surface area (Å²) in [6.07, 6.45) is 1.34. The second kappa shape index (κ2) is 9.63. The standard InChI is InChI=1S/C24H21Cl2N7O3/c1-14(34)31-9-11-32(12-10-31)16-7-5-15(6-8-16)28-23-27-13-17-21(29-23)30-24(36)33(22(17)35)20-18(25)3-2-4-19(20)26/h2-8,13H,9-12H2,1H3,(H2,27,28,29,30,36). The molecule has 1 aliphatic rings. The Morgan fingerprint density at radius 1 is 1.00 bits per heavy atom. The number of carbonyl (C=O) groups excluding carboxylic acids is 1. The van der Waals surface area contributed by atoms with Gasteiger partial charge >= 0.3 is 5.69 Å². The molecule has 2 N–H and O–H groups in total. The van der Waals surface area contributed by atoms with Crippen molar-refractivity contribution in [1.29, 1.82) is 0 Å². The van der Waals surface area contributed by atoms with Crippen LogP contribution in [-0.4, -0.2) is 56.5 Å². The molecular formula is C24H21Cl2N7O3. The van der Waals surface area contributed by atoms with Crippen molar-refractivity contribution < 1.29 is 4.79 Å². The highest BCUT2D eigenvalue weighted by Gasteiger charge is 2.19. The summed E-state index contributed by atoms with van der Waals surface area (Å²) in [4.78, 5) is 52.6. The molecule has 36 heavy (non-hydrogen) atoms. The first-order valence-electron chi connectivity index (χ1n) is 11.2. The van der Waals surface area contributed by atoms with Gasteiger partial charge in [0.05, 0.1) is 15.7 Å². The van der Waals surface area contributed by atoms with E-state index in [-0.39, 0.29) is 38.6 Å². The first-order valence-corrected chi connectivity index (χ1v) is 11.9. The lowest BCUT2D eigenvalue weighted by atomic mass is 10.2. The minimum atomic E-state index is -0.721. The number of piperazine rings is 1. The highest BCUT2D eigenvalue weighted by Crippen LogP contribution is 2.26.